The number of alkyl halides is 6. The molecule has 1 unspecified atom stereocenters. The lowest BCUT2D eigenvalue weighted by Gasteiger charge is -2.25. The number of amides is 1. The first kappa shape index (κ1) is 20.8. The first-order valence-electron chi connectivity index (χ1n) is 9.06. The molecule has 0 bridgehead atoms. The van der Waals surface area contributed by atoms with E-state index in [1.165, 1.54) is 32.4 Å². The highest BCUT2D eigenvalue weighted by Crippen LogP contribution is 2.36. The predicted molar refractivity (Wildman–Crippen MR) is 93.9 cm³/mol. The molecule has 1 atom stereocenters. The summed E-state index contributed by atoms with van der Waals surface area (Å²) in [5.41, 5.74) is -4.02. The fourth-order valence-electron chi connectivity index (χ4n) is 2.67. The van der Waals surface area contributed by atoms with Crippen molar-refractivity contribution in [2.24, 2.45) is 0 Å². The minimum absolute atomic E-state index is 0.0135. The molecule has 0 N–H and O–H groups in total. The summed E-state index contributed by atoms with van der Waals surface area (Å²) in [4.78, 5) is 25.5. The van der Waals surface area contributed by atoms with Crippen LogP contribution >= 0.6 is 0 Å². The highest BCUT2D eigenvalue weighted by atomic mass is 19.4. The number of carbonyl (C=O) groups is 1. The molecular weight excluding hydrogens is 430 g/mol. The van der Waals surface area contributed by atoms with E-state index in [0.29, 0.717) is 12.1 Å². The van der Waals surface area contributed by atoms with E-state index in [1.54, 1.807) is 0 Å². The Hall–Kier alpha value is -3.51. The van der Waals surface area contributed by atoms with Gasteiger partial charge in [0, 0.05) is 25.0 Å². The van der Waals surface area contributed by atoms with Crippen LogP contribution in [0.15, 0.2) is 43.0 Å². The molecule has 0 spiro atoms. The lowest BCUT2D eigenvalue weighted by Crippen LogP contribution is -2.32. The zero-order chi connectivity index (χ0) is 23.8. The van der Waals surface area contributed by atoms with Crippen LogP contribution in [-0.2, 0) is 12.4 Å². The molecule has 0 aliphatic heterocycles. The summed E-state index contributed by atoms with van der Waals surface area (Å²) >= 11 is 0. The molecule has 7 nitrogen and oxygen atoms in total. The molecule has 0 aliphatic carbocycles. The van der Waals surface area contributed by atoms with Crippen molar-refractivity contribution in [2.45, 2.75) is 25.3 Å². The van der Waals surface area contributed by atoms with E-state index in [2.05, 4.69) is 20.1 Å². The second kappa shape index (κ2) is 7.96. The number of hydrogen-bond acceptors (Lipinski definition) is 5. The van der Waals surface area contributed by atoms with Gasteiger partial charge in [0.2, 0.25) is 0 Å². The highest BCUT2D eigenvalue weighted by Gasteiger charge is 2.38. The number of aromatic nitrogens is 5. The smallest absolute Gasteiger partial charge is 0.332 e. The van der Waals surface area contributed by atoms with Crippen molar-refractivity contribution in [1.29, 1.82) is 0 Å². The third kappa shape index (κ3) is 4.64. The van der Waals surface area contributed by atoms with Crippen LogP contribution in [0.5, 0.6) is 0 Å². The van der Waals surface area contributed by atoms with Gasteiger partial charge in [0.15, 0.2) is 5.82 Å². The van der Waals surface area contributed by atoms with Gasteiger partial charge in [-0.15, -0.1) is 0 Å². The van der Waals surface area contributed by atoms with E-state index >= 15 is 0 Å². The van der Waals surface area contributed by atoms with Gasteiger partial charge in [-0.1, -0.05) is 0 Å². The van der Waals surface area contributed by atoms with Crippen molar-refractivity contribution in [3.63, 3.8) is 0 Å². The Kier molecular flexibility index (Phi) is 5.33. The molecule has 164 valence electrons. The number of halogens is 6. The lowest BCUT2D eigenvalue weighted by molar-refractivity contribution is -0.143. The van der Waals surface area contributed by atoms with Gasteiger partial charge in [-0.3, -0.25) is 4.79 Å². The normalized spacial score (nSPS) is 13.6. The third-order valence-electron chi connectivity index (χ3n) is 4.38. The number of nitrogens with zero attached hydrogens (tertiary/aromatic N) is 6. The lowest BCUT2D eigenvalue weighted by atomic mass is 10.0. The van der Waals surface area contributed by atoms with Crippen molar-refractivity contribution >= 4 is 5.91 Å². The first-order chi connectivity index (χ1) is 14.8. The van der Waals surface area contributed by atoms with Crippen LogP contribution in [0.2, 0.25) is 0 Å². The summed E-state index contributed by atoms with van der Waals surface area (Å²) in [6.45, 7) is 1.42. The Labute approximate surface area is 172 Å². The van der Waals surface area contributed by atoms with E-state index in [0.717, 1.165) is 9.58 Å². The second-order valence-corrected chi connectivity index (χ2v) is 6.42. The molecule has 3 aromatic rings. The molecule has 0 radical (unpaired) electrons. The molecule has 2 aromatic heterocycles. The second-order valence-electron chi connectivity index (χ2n) is 6.42. The van der Waals surface area contributed by atoms with Crippen molar-refractivity contribution in [3.8, 4) is 5.95 Å². The zero-order valence-electron chi connectivity index (χ0n) is 16.9. The van der Waals surface area contributed by atoms with Crippen LogP contribution in [-0.4, -0.2) is 42.6 Å². The minimum Gasteiger partial charge on any atom is -0.332 e. The maximum Gasteiger partial charge on any atom is 0.416 e. The molecule has 0 aliphatic rings. The highest BCUT2D eigenvalue weighted by molar-refractivity contribution is 5.94. The van der Waals surface area contributed by atoms with Crippen LogP contribution in [0.25, 0.3) is 5.95 Å². The van der Waals surface area contributed by atoms with E-state index in [-0.39, 0.29) is 17.8 Å². The van der Waals surface area contributed by atoms with Gasteiger partial charge in [-0.25, -0.2) is 15.0 Å². The summed E-state index contributed by atoms with van der Waals surface area (Å²) in [6, 6.07) is 1.15. The van der Waals surface area contributed by atoms with E-state index in [1.807, 2.05) is 0 Å². The van der Waals surface area contributed by atoms with Crippen LogP contribution in [0.1, 0.15) is 41.6 Å². The van der Waals surface area contributed by atoms with Gasteiger partial charge < -0.3 is 4.90 Å². The molecule has 0 saturated heterocycles. The monoisotopic (exact) mass is 445 g/mol. The largest absolute Gasteiger partial charge is 0.416 e. The summed E-state index contributed by atoms with van der Waals surface area (Å²) < 4.78 is 87.4. The Bertz CT molecular complexity index is 1100. The Balaban J connectivity index is 2.01. The standard InChI is InChI=1S/C18H14F6N6O/c1-10(14-27-9-28-30(14)16-25-4-3-5-26-16)29(2)15(31)11-6-12(17(19,20)21)8-13(7-11)18(22,23)24/h3-10H,1-2H3/i9D. The maximum absolute atomic E-state index is 13.1. The fourth-order valence-corrected chi connectivity index (χ4v) is 2.67. The topological polar surface area (TPSA) is 76.8 Å². The summed E-state index contributed by atoms with van der Waals surface area (Å²) in [6.07, 6.45) is -7.86. The van der Waals surface area contributed by atoms with Gasteiger partial charge in [0.1, 0.15) is 7.67 Å². The molecule has 1 aromatic carbocycles. The average Bonchev–Trinajstić information content (AvgIpc) is 3.12. The first-order valence-corrected chi connectivity index (χ1v) is 8.56. The summed E-state index contributed by atoms with van der Waals surface area (Å²) in [5.74, 6) is -1.12. The van der Waals surface area contributed by atoms with Gasteiger partial charge in [0.25, 0.3) is 11.9 Å². The Morgan fingerprint density at radius 1 is 1.03 bits per heavy atom. The molecule has 3 rings (SSSR count). The van der Waals surface area contributed by atoms with Gasteiger partial charge in [0.05, 0.1) is 17.2 Å². The number of hydrogen-bond donors (Lipinski definition) is 0. The van der Waals surface area contributed by atoms with Gasteiger partial charge >= 0.3 is 12.4 Å². The van der Waals surface area contributed by atoms with Crippen molar-refractivity contribution < 1.29 is 32.5 Å². The molecule has 13 heteroatoms. The number of rotatable bonds is 4. The van der Waals surface area contributed by atoms with Crippen LogP contribution < -0.4 is 0 Å². The fraction of sp³-hybridized carbons (Fsp3) is 0.278. The molecular formula is C18H14F6N6O. The van der Waals surface area contributed by atoms with Crippen molar-refractivity contribution in [3.05, 3.63) is 65.5 Å². The predicted octanol–water partition coefficient (Wildman–Crippen LogP) is 3.93. The number of carbonyl (C=O) groups excluding carboxylic acids is 1. The quantitative estimate of drug-likeness (QED) is 0.569. The average molecular weight is 445 g/mol. The zero-order valence-corrected chi connectivity index (χ0v) is 15.9. The van der Waals surface area contributed by atoms with Crippen molar-refractivity contribution in [2.75, 3.05) is 7.05 Å². The molecule has 2 heterocycles. The van der Waals surface area contributed by atoms with E-state index in [4.69, 9.17) is 1.37 Å². The van der Waals surface area contributed by atoms with Gasteiger partial charge in [-0.05, 0) is 31.2 Å². The molecule has 31 heavy (non-hydrogen) atoms. The van der Waals surface area contributed by atoms with Crippen LogP contribution in [0.3, 0.4) is 0 Å². The minimum atomic E-state index is -5.09. The maximum atomic E-state index is 13.1. The Morgan fingerprint density at radius 3 is 2.10 bits per heavy atom. The third-order valence-corrected chi connectivity index (χ3v) is 4.38. The van der Waals surface area contributed by atoms with Gasteiger partial charge in [-0.2, -0.15) is 36.1 Å². The molecule has 0 saturated carbocycles. The summed E-state index contributed by atoms with van der Waals surface area (Å²) in [5, 5.41) is 3.82. The van der Waals surface area contributed by atoms with Crippen LogP contribution in [0.4, 0.5) is 26.3 Å². The molecule has 1 amide bonds. The van der Waals surface area contributed by atoms with Crippen molar-refractivity contribution in [1.82, 2.24) is 29.6 Å². The van der Waals surface area contributed by atoms with E-state index in [9.17, 15) is 31.1 Å². The Morgan fingerprint density at radius 2 is 1.58 bits per heavy atom. The molecule has 0 fully saturated rings. The summed E-state index contributed by atoms with van der Waals surface area (Å²) in [7, 11) is 1.18. The van der Waals surface area contributed by atoms with E-state index < -0.39 is 47.3 Å². The van der Waals surface area contributed by atoms with Crippen LogP contribution in [0, 0.1) is 0 Å². The number of benzene rings is 1. The SMILES string of the molecule is [2H]c1nc(C(C)N(C)C(=O)c2cc(C(F)(F)F)cc(C(F)(F)F)c2)n(-c2ncccn2)n1.